The molecular formula is C21H28N4O. The molecule has 0 bridgehead atoms. The van der Waals surface area contributed by atoms with Crippen LogP contribution in [-0.4, -0.2) is 43.0 Å². The van der Waals surface area contributed by atoms with Gasteiger partial charge in [-0.3, -0.25) is 9.69 Å². The number of nitrogens with one attached hydrogen (secondary N) is 1. The van der Waals surface area contributed by atoms with Gasteiger partial charge < -0.3 is 16.0 Å². The Hall–Kier alpha value is -2.37. The van der Waals surface area contributed by atoms with Crippen LogP contribution in [0.1, 0.15) is 18.1 Å². The van der Waals surface area contributed by atoms with Crippen molar-refractivity contribution in [3.63, 3.8) is 0 Å². The largest absolute Gasteiger partial charge is 0.369 e. The average Bonchev–Trinajstić information content (AvgIpc) is 2.68. The molecule has 2 aromatic carbocycles. The van der Waals surface area contributed by atoms with Gasteiger partial charge in [0.15, 0.2) is 0 Å². The fraction of sp³-hybridized carbons (Fsp3) is 0.381. The fourth-order valence-electron chi connectivity index (χ4n) is 3.27. The highest BCUT2D eigenvalue weighted by Gasteiger charge is 2.18. The number of carbonyl (C=O) groups excluding carboxylic acids is 1. The van der Waals surface area contributed by atoms with Gasteiger partial charge in [-0.1, -0.05) is 42.5 Å². The van der Waals surface area contributed by atoms with Gasteiger partial charge in [0, 0.05) is 45.0 Å². The van der Waals surface area contributed by atoms with Gasteiger partial charge in [-0.15, -0.1) is 0 Å². The summed E-state index contributed by atoms with van der Waals surface area (Å²) in [5.74, 6) is -0.115. The molecule has 0 spiro atoms. The number of hydrogen-bond acceptors (Lipinski definition) is 4. The summed E-state index contributed by atoms with van der Waals surface area (Å²) < 4.78 is 0. The molecule has 2 aromatic rings. The third kappa shape index (κ3) is 4.84. The number of para-hydroxylation sites is 1. The lowest BCUT2D eigenvalue weighted by Crippen LogP contribution is -2.46. The molecule has 1 heterocycles. The second-order valence-electron chi connectivity index (χ2n) is 6.87. The van der Waals surface area contributed by atoms with E-state index in [0.29, 0.717) is 6.54 Å². The van der Waals surface area contributed by atoms with Crippen LogP contribution in [-0.2, 0) is 17.9 Å². The molecule has 0 unspecified atom stereocenters. The van der Waals surface area contributed by atoms with Gasteiger partial charge in [-0.25, -0.2) is 0 Å². The third-order valence-corrected chi connectivity index (χ3v) is 4.87. The first-order valence-electron chi connectivity index (χ1n) is 9.26. The Kier molecular flexibility index (Phi) is 6.26. The molecule has 0 aromatic heterocycles. The van der Waals surface area contributed by atoms with Crippen molar-refractivity contribution in [3.8, 4) is 0 Å². The topological polar surface area (TPSA) is 61.6 Å². The number of benzene rings is 2. The Morgan fingerprint density at radius 2 is 1.62 bits per heavy atom. The number of nitrogens with zero attached hydrogens (tertiary/aromatic N) is 2. The van der Waals surface area contributed by atoms with Gasteiger partial charge >= 0.3 is 0 Å². The number of anilines is 1. The summed E-state index contributed by atoms with van der Waals surface area (Å²) in [7, 11) is 0. The summed E-state index contributed by atoms with van der Waals surface area (Å²) in [4.78, 5) is 16.6. The number of rotatable bonds is 6. The van der Waals surface area contributed by atoms with E-state index < -0.39 is 6.04 Å². The van der Waals surface area contributed by atoms with Gasteiger partial charge in [0.05, 0.1) is 6.04 Å². The molecule has 0 aliphatic carbocycles. The monoisotopic (exact) mass is 352 g/mol. The Balaban J connectivity index is 1.56. The van der Waals surface area contributed by atoms with Crippen LogP contribution in [0, 0.1) is 0 Å². The Morgan fingerprint density at radius 1 is 1.00 bits per heavy atom. The molecule has 3 N–H and O–H groups in total. The first kappa shape index (κ1) is 18.4. The zero-order chi connectivity index (χ0) is 18.4. The Morgan fingerprint density at radius 3 is 2.27 bits per heavy atom. The maximum atomic E-state index is 11.7. The molecular weight excluding hydrogens is 324 g/mol. The molecule has 1 aliphatic rings. The number of piperazine rings is 1. The maximum absolute atomic E-state index is 11.7. The van der Waals surface area contributed by atoms with E-state index in [9.17, 15) is 4.79 Å². The van der Waals surface area contributed by atoms with E-state index in [1.807, 2.05) is 6.07 Å². The van der Waals surface area contributed by atoms with Crippen molar-refractivity contribution in [1.82, 2.24) is 10.2 Å². The SMILES string of the molecule is C[C@@H](N)C(=O)NCc1ccccc1CN1CCN(c2ccccc2)CC1. The van der Waals surface area contributed by atoms with Gasteiger partial charge in [0.2, 0.25) is 5.91 Å². The standard InChI is InChI=1S/C21H28N4O/c1-17(22)21(26)23-15-18-7-5-6-8-19(18)16-24-11-13-25(14-12-24)20-9-3-2-4-10-20/h2-10,17H,11-16,22H2,1H3,(H,23,26)/t17-/m1/s1. The molecule has 1 aliphatic heterocycles. The predicted molar refractivity (Wildman–Crippen MR) is 106 cm³/mol. The lowest BCUT2D eigenvalue weighted by molar-refractivity contribution is -0.122. The normalized spacial score (nSPS) is 16.3. The molecule has 26 heavy (non-hydrogen) atoms. The average molecular weight is 352 g/mol. The minimum absolute atomic E-state index is 0.115. The van der Waals surface area contributed by atoms with Crippen LogP contribution in [0.3, 0.4) is 0 Å². The van der Waals surface area contributed by atoms with Crippen molar-refractivity contribution >= 4 is 11.6 Å². The molecule has 1 fully saturated rings. The maximum Gasteiger partial charge on any atom is 0.236 e. The molecule has 3 rings (SSSR count). The van der Waals surface area contributed by atoms with Crippen LogP contribution in [0.25, 0.3) is 0 Å². The highest BCUT2D eigenvalue weighted by Crippen LogP contribution is 2.18. The molecule has 1 amide bonds. The zero-order valence-corrected chi connectivity index (χ0v) is 15.4. The van der Waals surface area contributed by atoms with E-state index in [1.165, 1.54) is 11.3 Å². The molecule has 0 saturated carbocycles. The lowest BCUT2D eigenvalue weighted by atomic mass is 10.1. The van der Waals surface area contributed by atoms with Gasteiger partial charge in [0.1, 0.15) is 0 Å². The first-order valence-corrected chi connectivity index (χ1v) is 9.26. The van der Waals surface area contributed by atoms with Crippen molar-refractivity contribution in [2.75, 3.05) is 31.1 Å². The Bertz CT molecular complexity index is 709. The second kappa shape index (κ2) is 8.83. The first-order chi connectivity index (χ1) is 12.6. The summed E-state index contributed by atoms with van der Waals surface area (Å²) >= 11 is 0. The molecule has 0 radical (unpaired) electrons. The van der Waals surface area contributed by atoms with Gasteiger partial charge in [-0.2, -0.15) is 0 Å². The third-order valence-electron chi connectivity index (χ3n) is 4.87. The van der Waals surface area contributed by atoms with Crippen molar-refractivity contribution in [2.24, 2.45) is 5.73 Å². The highest BCUT2D eigenvalue weighted by atomic mass is 16.2. The van der Waals surface area contributed by atoms with Crippen molar-refractivity contribution in [2.45, 2.75) is 26.1 Å². The summed E-state index contributed by atoms with van der Waals surface area (Å²) in [6.45, 7) is 7.28. The van der Waals surface area contributed by atoms with E-state index in [-0.39, 0.29) is 5.91 Å². The number of nitrogens with two attached hydrogens (primary N) is 1. The van der Waals surface area contributed by atoms with Gasteiger partial charge in [-0.05, 0) is 30.2 Å². The van der Waals surface area contributed by atoms with Crippen LogP contribution in [0.5, 0.6) is 0 Å². The molecule has 1 atom stereocenters. The summed E-state index contributed by atoms with van der Waals surface area (Å²) in [6.07, 6.45) is 0. The van der Waals surface area contributed by atoms with Crippen molar-refractivity contribution in [1.29, 1.82) is 0 Å². The van der Waals surface area contributed by atoms with E-state index in [4.69, 9.17) is 5.73 Å². The van der Waals surface area contributed by atoms with Gasteiger partial charge in [0.25, 0.3) is 0 Å². The van der Waals surface area contributed by atoms with Crippen LogP contribution in [0.4, 0.5) is 5.69 Å². The molecule has 1 saturated heterocycles. The van der Waals surface area contributed by atoms with Crippen molar-refractivity contribution < 1.29 is 4.79 Å². The summed E-state index contributed by atoms with van der Waals surface area (Å²) in [5, 5.41) is 2.91. The molecule has 5 heteroatoms. The van der Waals surface area contributed by atoms with E-state index in [2.05, 4.69) is 63.6 Å². The van der Waals surface area contributed by atoms with E-state index in [0.717, 1.165) is 38.3 Å². The fourth-order valence-corrected chi connectivity index (χ4v) is 3.27. The van der Waals surface area contributed by atoms with Crippen LogP contribution in [0.15, 0.2) is 54.6 Å². The highest BCUT2D eigenvalue weighted by molar-refractivity contribution is 5.80. The van der Waals surface area contributed by atoms with E-state index >= 15 is 0 Å². The predicted octanol–water partition coefficient (Wildman–Crippen LogP) is 1.97. The van der Waals surface area contributed by atoms with Crippen LogP contribution >= 0.6 is 0 Å². The molecule has 5 nitrogen and oxygen atoms in total. The number of amides is 1. The summed E-state index contributed by atoms with van der Waals surface area (Å²) in [6, 6.07) is 18.4. The second-order valence-corrected chi connectivity index (χ2v) is 6.87. The smallest absolute Gasteiger partial charge is 0.236 e. The Labute approximate surface area is 155 Å². The number of carbonyl (C=O) groups is 1. The van der Waals surface area contributed by atoms with Crippen LogP contribution in [0.2, 0.25) is 0 Å². The number of hydrogen-bond donors (Lipinski definition) is 2. The minimum Gasteiger partial charge on any atom is -0.369 e. The lowest BCUT2D eigenvalue weighted by Gasteiger charge is -2.36. The summed E-state index contributed by atoms with van der Waals surface area (Å²) in [5.41, 5.74) is 9.35. The zero-order valence-electron chi connectivity index (χ0n) is 15.4. The minimum atomic E-state index is -0.478. The van der Waals surface area contributed by atoms with Crippen molar-refractivity contribution in [3.05, 3.63) is 65.7 Å². The molecule has 138 valence electrons. The quantitative estimate of drug-likeness (QED) is 0.834. The van der Waals surface area contributed by atoms with Crippen LogP contribution < -0.4 is 16.0 Å². The van der Waals surface area contributed by atoms with E-state index in [1.54, 1.807) is 6.92 Å².